The first-order chi connectivity index (χ1) is 8.93. The fourth-order valence-corrected chi connectivity index (χ4v) is 2.05. The molecule has 106 valence electrons. The van der Waals surface area contributed by atoms with Crippen LogP contribution in [0.1, 0.15) is 17.1 Å². The average molecular weight is 287 g/mol. The zero-order chi connectivity index (χ0) is 14.4. The van der Waals surface area contributed by atoms with Crippen LogP contribution in [-0.2, 0) is 11.3 Å². The van der Waals surface area contributed by atoms with E-state index >= 15 is 0 Å². The molecule has 0 bridgehead atoms. The van der Waals surface area contributed by atoms with Gasteiger partial charge >= 0.3 is 12.0 Å². The smallest absolute Gasteiger partial charge is 0.326 e. The van der Waals surface area contributed by atoms with Gasteiger partial charge in [-0.2, -0.15) is 0 Å². The average Bonchev–Trinajstić information content (AvgIpc) is 2.73. The van der Waals surface area contributed by atoms with Gasteiger partial charge in [-0.15, -0.1) is 11.3 Å². The Hall–Kier alpha value is -1.67. The predicted octanol–water partition coefficient (Wildman–Crippen LogP) is 0.429. The lowest BCUT2D eigenvalue weighted by Crippen LogP contribution is -2.46. The van der Waals surface area contributed by atoms with Crippen LogP contribution in [0.2, 0.25) is 0 Å². The second kappa shape index (κ2) is 7.05. The molecule has 0 spiro atoms. The number of aliphatic hydroxyl groups excluding tert-OH is 1. The van der Waals surface area contributed by atoms with E-state index in [9.17, 15) is 9.59 Å². The van der Waals surface area contributed by atoms with Gasteiger partial charge in [0.25, 0.3) is 0 Å². The number of nitrogens with zero attached hydrogens (tertiary/aromatic N) is 2. The summed E-state index contributed by atoms with van der Waals surface area (Å²) in [4.78, 5) is 28.2. The fourth-order valence-electron chi connectivity index (χ4n) is 1.44. The SMILES string of the molecule is Cc1nc(CN(C)C(=O)N[C@@H](CCO)C(=O)O)cs1. The summed E-state index contributed by atoms with van der Waals surface area (Å²) < 4.78 is 0. The third-order valence-corrected chi connectivity index (χ3v) is 3.25. The van der Waals surface area contributed by atoms with Gasteiger partial charge in [0.2, 0.25) is 0 Å². The van der Waals surface area contributed by atoms with Crippen molar-refractivity contribution in [3.8, 4) is 0 Å². The number of hydrogen-bond acceptors (Lipinski definition) is 5. The summed E-state index contributed by atoms with van der Waals surface area (Å²) in [6, 6.07) is -1.59. The van der Waals surface area contributed by atoms with E-state index < -0.39 is 18.0 Å². The van der Waals surface area contributed by atoms with Crippen LogP contribution < -0.4 is 5.32 Å². The number of thiazole rings is 1. The Bertz CT molecular complexity index is 449. The zero-order valence-corrected chi connectivity index (χ0v) is 11.6. The first-order valence-electron chi connectivity index (χ1n) is 5.70. The summed E-state index contributed by atoms with van der Waals surface area (Å²) in [5, 5.41) is 22.7. The first-order valence-corrected chi connectivity index (χ1v) is 6.58. The second-order valence-electron chi connectivity index (χ2n) is 4.07. The molecular formula is C11H17N3O4S. The van der Waals surface area contributed by atoms with E-state index in [1.54, 1.807) is 7.05 Å². The van der Waals surface area contributed by atoms with Crippen LogP contribution in [0.4, 0.5) is 4.79 Å². The third kappa shape index (κ3) is 4.84. The molecule has 1 rings (SSSR count). The minimum atomic E-state index is -1.17. The number of aromatic nitrogens is 1. The maximum absolute atomic E-state index is 11.8. The number of hydrogen-bond donors (Lipinski definition) is 3. The van der Waals surface area contributed by atoms with Crippen molar-refractivity contribution < 1.29 is 19.8 Å². The van der Waals surface area contributed by atoms with E-state index in [1.807, 2.05) is 12.3 Å². The Morgan fingerprint density at radius 3 is 2.74 bits per heavy atom. The van der Waals surface area contributed by atoms with Crippen molar-refractivity contribution in [2.45, 2.75) is 25.9 Å². The maximum atomic E-state index is 11.8. The van der Waals surface area contributed by atoms with Crippen molar-refractivity contribution >= 4 is 23.3 Å². The Labute approximate surface area is 114 Å². The molecule has 1 atom stereocenters. The summed E-state index contributed by atoms with van der Waals surface area (Å²) in [6.07, 6.45) is -0.0231. The molecule has 1 aromatic rings. The molecule has 0 aliphatic rings. The number of carbonyl (C=O) groups excluding carboxylic acids is 1. The lowest BCUT2D eigenvalue weighted by Gasteiger charge is -2.20. The number of aliphatic hydroxyl groups is 1. The van der Waals surface area contributed by atoms with Crippen LogP contribution in [0, 0.1) is 6.92 Å². The largest absolute Gasteiger partial charge is 0.480 e. The molecule has 19 heavy (non-hydrogen) atoms. The maximum Gasteiger partial charge on any atom is 0.326 e. The predicted molar refractivity (Wildman–Crippen MR) is 70.0 cm³/mol. The van der Waals surface area contributed by atoms with Crippen molar-refractivity contribution in [1.29, 1.82) is 0 Å². The molecule has 1 aromatic heterocycles. The highest BCUT2D eigenvalue weighted by molar-refractivity contribution is 7.09. The molecule has 8 heteroatoms. The number of amides is 2. The minimum Gasteiger partial charge on any atom is -0.480 e. The van der Waals surface area contributed by atoms with Crippen LogP contribution in [0.5, 0.6) is 0 Å². The Morgan fingerprint density at radius 1 is 1.58 bits per heavy atom. The van der Waals surface area contributed by atoms with Crippen molar-refractivity contribution in [3.05, 3.63) is 16.1 Å². The highest BCUT2D eigenvalue weighted by Gasteiger charge is 2.21. The number of nitrogens with one attached hydrogen (secondary N) is 1. The van der Waals surface area contributed by atoms with Gasteiger partial charge < -0.3 is 20.4 Å². The third-order valence-electron chi connectivity index (χ3n) is 2.43. The monoisotopic (exact) mass is 287 g/mol. The van der Waals surface area contributed by atoms with Gasteiger partial charge in [-0.05, 0) is 6.92 Å². The van der Waals surface area contributed by atoms with Gasteiger partial charge in [-0.25, -0.2) is 14.6 Å². The summed E-state index contributed by atoms with van der Waals surface area (Å²) in [7, 11) is 1.56. The zero-order valence-electron chi connectivity index (χ0n) is 10.8. The number of aliphatic carboxylic acids is 1. The summed E-state index contributed by atoms with van der Waals surface area (Å²) in [5.74, 6) is -1.17. The Balaban J connectivity index is 2.54. The number of urea groups is 1. The van der Waals surface area contributed by atoms with Crippen molar-refractivity contribution in [3.63, 3.8) is 0 Å². The van der Waals surface area contributed by atoms with Gasteiger partial charge in [0.15, 0.2) is 0 Å². The minimum absolute atomic E-state index is 0.0231. The van der Waals surface area contributed by atoms with Crippen molar-refractivity contribution in [2.75, 3.05) is 13.7 Å². The quantitative estimate of drug-likeness (QED) is 0.704. The van der Waals surface area contributed by atoms with E-state index in [0.717, 1.165) is 10.7 Å². The van der Waals surface area contributed by atoms with E-state index in [4.69, 9.17) is 10.2 Å². The number of carbonyl (C=O) groups is 2. The van der Waals surface area contributed by atoms with Gasteiger partial charge in [-0.3, -0.25) is 0 Å². The van der Waals surface area contributed by atoms with E-state index in [2.05, 4.69) is 10.3 Å². The molecule has 7 nitrogen and oxygen atoms in total. The molecule has 3 N–H and O–H groups in total. The van der Waals surface area contributed by atoms with Crippen molar-refractivity contribution in [2.24, 2.45) is 0 Å². The number of carboxylic acids is 1. The summed E-state index contributed by atoms with van der Waals surface area (Å²) in [6.45, 7) is 1.88. The van der Waals surface area contributed by atoms with Gasteiger partial charge in [0.05, 0.1) is 17.2 Å². The molecule has 0 aromatic carbocycles. The molecule has 0 aliphatic heterocycles. The molecule has 1 heterocycles. The molecule has 0 unspecified atom stereocenters. The highest BCUT2D eigenvalue weighted by atomic mass is 32.1. The van der Waals surface area contributed by atoms with Gasteiger partial charge in [-0.1, -0.05) is 0 Å². The number of aryl methyl sites for hydroxylation is 1. The second-order valence-corrected chi connectivity index (χ2v) is 5.13. The molecule has 0 saturated carbocycles. The Morgan fingerprint density at radius 2 is 2.26 bits per heavy atom. The molecule has 0 saturated heterocycles. The van der Waals surface area contributed by atoms with Crippen LogP contribution in [0.25, 0.3) is 0 Å². The van der Waals surface area contributed by atoms with E-state index in [0.29, 0.717) is 6.54 Å². The van der Waals surface area contributed by atoms with Gasteiger partial charge in [0.1, 0.15) is 6.04 Å². The molecule has 0 radical (unpaired) electrons. The molecule has 2 amide bonds. The topological polar surface area (TPSA) is 103 Å². The molecule has 0 fully saturated rings. The van der Waals surface area contributed by atoms with Crippen LogP contribution in [0.3, 0.4) is 0 Å². The fraction of sp³-hybridized carbons (Fsp3) is 0.545. The van der Waals surface area contributed by atoms with Crippen LogP contribution in [0.15, 0.2) is 5.38 Å². The lowest BCUT2D eigenvalue weighted by molar-refractivity contribution is -0.139. The molecule has 0 aliphatic carbocycles. The van der Waals surface area contributed by atoms with Gasteiger partial charge in [0, 0.05) is 25.5 Å². The first kappa shape index (κ1) is 15.4. The standard InChI is InChI=1S/C11H17N3O4S/c1-7-12-8(6-19-7)5-14(2)11(18)13-9(3-4-15)10(16)17/h6,9,15H,3-5H2,1-2H3,(H,13,18)(H,16,17)/t9-/m0/s1. The molecular weight excluding hydrogens is 270 g/mol. The Kier molecular flexibility index (Phi) is 5.71. The van der Waals surface area contributed by atoms with Crippen LogP contribution >= 0.6 is 11.3 Å². The van der Waals surface area contributed by atoms with Crippen molar-refractivity contribution in [1.82, 2.24) is 15.2 Å². The number of carboxylic acid groups (broad SMARTS) is 1. The summed E-state index contributed by atoms with van der Waals surface area (Å²) in [5.41, 5.74) is 0.759. The number of rotatable bonds is 6. The van der Waals surface area contributed by atoms with Crippen LogP contribution in [-0.4, -0.2) is 51.8 Å². The lowest BCUT2D eigenvalue weighted by atomic mass is 10.2. The normalized spacial score (nSPS) is 11.9. The van der Waals surface area contributed by atoms with E-state index in [1.165, 1.54) is 16.2 Å². The highest BCUT2D eigenvalue weighted by Crippen LogP contribution is 2.09. The van der Waals surface area contributed by atoms with E-state index in [-0.39, 0.29) is 13.0 Å². The summed E-state index contributed by atoms with van der Waals surface area (Å²) >= 11 is 1.49.